The largest absolute Gasteiger partial charge is 0.357 e. The Kier molecular flexibility index (Phi) is 6.13. The number of nitrogens with zero attached hydrogens (tertiary/aromatic N) is 2. The Labute approximate surface area is 112 Å². The Morgan fingerprint density at radius 2 is 2.00 bits per heavy atom. The lowest BCUT2D eigenvalue weighted by atomic mass is 10.1. The summed E-state index contributed by atoms with van der Waals surface area (Å²) in [6.07, 6.45) is 2.20. The summed E-state index contributed by atoms with van der Waals surface area (Å²) in [6.45, 7) is 10.6. The summed E-state index contributed by atoms with van der Waals surface area (Å²) in [5.74, 6) is 1.09. The standard InChI is InChI=1S/C15H27N3/c1-6-8-14-9-13(11-16-7-2)10-15(17-14)18(5)12(3)4/h9-10,12,16H,6-8,11H2,1-5H3. The van der Waals surface area contributed by atoms with Gasteiger partial charge in [0.05, 0.1) is 0 Å². The van der Waals surface area contributed by atoms with Gasteiger partial charge in [-0.05, 0) is 44.5 Å². The normalized spacial score (nSPS) is 11.0. The average molecular weight is 249 g/mol. The Morgan fingerprint density at radius 3 is 2.56 bits per heavy atom. The van der Waals surface area contributed by atoms with Crippen LogP contribution in [0.3, 0.4) is 0 Å². The topological polar surface area (TPSA) is 28.2 Å². The highest BCUT2D eigenvalue weighted by molar-refractivity contribution is 5.42. The van der Waals surface area contributed by atoms with E-state index in [1.165, 1.54) is 11.3 Å². The van der Waals surface area contributed by atoms with Gasteiger partial charge in [0.25, 0.3) is 0 Å². The van der Waals surface area contributed by atoms with Crippen molar-refractivity contribution in [2.24, 2.45) is 0 Å². The van der Waals surface area contributed by atoms with Gasteiger partial charge in [-0.25, -0.2) is 4.98 Å². The van der Waals surface area contributed by atoms with Crippen LogP contribution in [0.2, 0.25) is 0 Å². The maximum Gasteiger partial charge on any atom is 0.129 e. The molecule has 1 aromatic rings. The van der Waals surface area contributed by atoms with Crippen molar-refractivity contribution in [2.45, 2.75) is 53.1 Å². The fraction of sp³-hybridized carbons (Fsp3) is 0.667. The average Bonchev–Trinajstić information content (AvgIpc) is 2.35. The van der Waals surface area contributed by atoms with Crippen LogP contribution in [0.5, 0.6) is 0 Å². The quantitative estimate of drug-likeness (QED) is 0.805. The molecule has 1 heterocycles. The second-order valence-electron chi connectivity index (χ2n) is 5.06. The first kappa shape index (κ1) is 15.0. The van der Waals surface area contributed by atoms with Gasteiger partial charge >= 0.3 is 0 Å². The van der Waals surface area contributed by atoms with Gasteiger partial charge in [0.1, 0.15) is 5.82 Å². The number of aryl methyl sites for hydroxylation is 1. The molecule has 0 aliphatic carbocycles. The minimum Gasteiger partial charge on any atom is -0.357 e. The summed E-state index contributed by atoms with van der Waals surface area (Å²) in [6, 6.07) is 4.90. The molecular formula is C15H27N3. The van der Waals surface area contributed by atoms with Crippen molar-refractivity contribution < 1.29 is 0 Å². The third-order valence-electron chi connectivity index (χ3n) is 3.15. The zero-order valence-corrected chi connectivity index (χ0v) is 12.5. The highest BCUT2D eigenvalue weighted by Gasteiger charge is 2.09. The molecule has 0 spiro atoms. The third-order valence-corrected chi connectivity index (χ3v) is 3.15. The third kappa shape index (κ3) is 4.30. The molecule has 0 saturated carbocycles. The lowest BCUT2D eigenvalue weighted by Gasteiger charge is -2.24. The lowest BCUT2D eigenvalue weighted by Crippen LogP contribution is -2.27. The van der Waals surface area contributed by atoms with Gasteiger partial charge in [0.2, 0.25) is 0 Å². The van der Waals surface area contributed by atoms with E-state index in [1.54, 1.807) is 0 Å². The molecule has 0 radical (unpaired) electrons. The van der Waals surface area contributed by atoms with Crippen LogP contribution >= 0.6 is 0 Å². The fourth-order valence-electron chi connectivity index (χ4n) is 1.83. The Balaban J connectivity index is 2.97. The molecule has 0 fully saturated rings. The van der Waals surface area contributed by atoms with Crippen molar-refractivity contribution in [3.05, 3.63) is 23.4 Å². The minimum atomic E-state index is 0.473. The highest BCUT2D eigenvalue weighted by atomic mass is 15.2. The number of hydrogen-bond acceptors (Lipinski definition) is 3. The summed E-state index contributed by atoms with van der Waals surface area (Å²) in [4.78, 5) is 6.98. The van der Waals surface area contributed by atoms with Crippen molar-refractivity contribution in [1.82, 2.24) is 10.3 Å². The first-order valence-corrected chi connectivity index (χ1v) is 7.01. The van der Waals surface area contributed by atoms with E-state index in [0.717, 1.165) is 31.7 Å². The van der Waals surface area contributed by atoms with Gasteiger partial charge in [-0.3, -0.25) is 0 Å². The maximum atomic E-state index is 4.75. The van der Waals surface area contributed by atoms with Crippen LogP contribution in [0.1, 0.15) is 45.4 Å². The van der Waals surface area contributed by atoms with Gasteiger partial charge < -0.3 is 10.2 Å². The van der Waals surface area contributed by atoms with Crippen molar-refractivity contribution in [2.75, 3.05) is 18.5 Å². The molecule has 0 saturated heterocycles. The SMILES string of the molecule is CCCc1cc(CNCC)cc(N(C)C(C)C)n1. The van der Waals surface area contributed by atoms with Crippen molar-refractivity contribution in [3.8, 4) is 0 Å². The molecule has 102 valence electrons. The molecular weight excluding hydrogens is 222 g/mol. The van der Waals surface area contributed by atoms with E-state index < -0.39 is 0 Å². The molecule has 1 aromatic heterocycles. The van der Waals surface area contributed by atoms with Crippen molar-refractivity contribution in [3.63, 3.8) is 0 Å². The molecule has 1 N–H and O–H groups in total. The number of aromatic nitrogens is 1. The molecule has 18 heavy (non-hydrogen) atoms. The second-order valence-corrected chi connectivity index (χ2v) is 5.06. The summed E-state index contributed by atoms with van der Waals surface area (Å²) in [5.41, 5.74) is 2.54. The summed E-state index contributed by atoms with van der Waals surface area (Å²) < 4.78 is 0. The minimum absolute atomic E-state index is 0.473. The molecule has 0 amide bonds. The molecule has 0 unspecified atom stereocenters. The van der Waals surface area contributed by atoms with Gasteiger partial charge in [0.15, 0.2) is 0 Å². The molecule has 0 aromatic carbocycles. The van der Waals surface area contributed by atoms with Crippen LogP contribution < -0.4 is 10.2 Å². The molecule has 3 heteroatoms. The number of hydrogen-bond donors (Lipinski definition) is 1. The molecule has 0 aliphatic rings. The van der Waals surface area contributed by atoms with Gasteiger partial charge in [-0.15, -0.1) is 0 Å². The van der Waals surface area contributed by atoms with Crippen LogP contribution in [-0.2, 0) is 13.0 Å². The highest BCUT2D eigenvalue weighted by Crippen LogP contribution is 2.17. The van der Waals surface area contributed by atoms with Crippen LogP contribution in [-0.4, -0.2) is 24.6 Å². The lowest BCUT2D eigenvalue weighted by molar-refractivity contribution is 0.713. The maximum absolute atomic E-state index is 4.75. The van der Waals surface area contributed by atoms with E-state index in [-0.39, 0.29) is 0 Å². The predicted octanol–water partition coefficient (Wildman–Crippen LogP) is 2.99. The monoisotopic (exact) mass is 249 g/mol. The van der Waals surface area contributed by atoms with Crippen LogP contribution in [0.25, 0.3) is 0 Å². The number of pyridine rings is 1. The smallest absolute Gasteiger partial charge is 0.129 e. The van der Waals surface area contributed by atoms with Gasteiger partial charge in [0, 0.05) is 25.3 Å². The molecule has 0 bridgehead atoms. The van der Waals surface area contributed by atoms with E-state index in [9.17, 15) is 0 Å². The Bertz CT molecular complexity index is 361. The van der Waals surface area contributed by atoms with Crippen LogP contribution in [0.4, 0.5) is 5.82 Å². The van der Waals surface area contributed by atoms with E-state index in [1.807, 2.05) is 0 Å². The number of anilines is 1. The molecule has 0 atom stereocenters. The van der Waals surface area contributed by atoms with Gasteiger partial charge in [-0.1, -0.05) is 20.3 Å². The first-order chi connectivity index (χ1) is 8.58. The van der Waals surface area contributed by atoms with E-state index >= 15 is 0 Å². The first-order valence-electron chi connectivity index (χ1n) is 7.01. The zero-order valence-electron chi connectivity index (χ0n) is 12.5. The second kappa shape index (κ2) is 7.37. The van der Waals surface area contributed by atoms with Gasteiger partial charge in [-0.2, -0.15) is 0 Å². The molecule has 0 aliphatic heterocycles. The Hall–Kier alpha value is -1.09. The molecule has 3 nitrogen and oxygen atoms in total. The summed E-state index contributed by atoms with van der Waals surface area (Å²) in [5, 5.41) is 3.38. The summed E-state index contributed by atoms with van der Waals surface area (Å²) >= 11 is 0. The zero-order chi connectivity index (χ0) is 13.5. The predicted molar refractivity (Wildman–Crippen MR) is 79.2 cm³/mol. The van der Waals surface area contributed by atoms with E-state index in [0.29, 0.717) is 6.04 Å². The van der Waals surface area contributed by atoms with E-state index in [4.69, 9.17) is 4.98 Å². The molecule has 1 rings (SSSR count). The van der Waals surface area contributed by atoms with E-state index in [2.05, 4.69) is 57.1 Å². The fourth-order valence-corrected chi connectivity index (χ4v) is 1.83. The number of rotatable bonds is 7. The number of nitrogens with one attached hydrogen (secondary N) is 1. The van der Waals surface area contributed by atoms with Crippen LogP contribution in [0.15, 0.2) is 12.1 Å². The van der Waals surface area contributed by atoms with Crippen molar-refractivity contribution >= 4 is 5.82 Å². The summed E-state index contributed by atoms with van der Waals surface area (Å²) in [7, 11) is 2.11. The Morgan fingerprint density at radius 1 is 1.28 bits per heavy atom. The van der Waals surface area contributed by atoms with Crippen molar-refractivity contribution in [1.29, 1.82) is 0 Å². The van der Waals surface area contributed by atoms with Crippen LogP contribution in [0, 0.1) is 0 Å².